The van der Waals surface area contributed by atoms with E-state index in [4.69, 9.17) is 4.74 Å². The fourth-order valence-corrected chi connectivity index (χ4v) is 9.26. The van der Waals surface area contributed by atoms with Crippen molar-refractivity contribution in [1.82, 2.24) is 4.98 Å². The Morgan fingerprint density at radius 2 is 1.84 bits per heavy atom. The van der Waals surface area contributed by atoms with Crippen LogP contribution in [0, 0.1) is 46.8 Å². The summed E-state index contributed by atoms with van der Waals surface area (Å²) in [4.78, 5) is 4.39. The highest BCUT2D eigenvalue weighted by molar-refractivity contribution is 5.24. The number of ether oxygens (including phenoxy) is 1. The van der Waals surface area contributed by atoms with E-state index in [0.29, 0.717) is 11.3 Å². The highest BCUT2D eigenvalue weighted by atomic mass is 16.5. The Balaban J connectivity index is 1.30. The number of aliphatic hydroxyl groups is 1. The summed E-state index contributed by atoms with van der Waals surface area (Å²) in [6.45, 7) is 7.22. The highest BCUT2D eigenvalue weighted by Gasteiger charge is 2.58. The third kappa shape index (κ3) is 3.83. The van der Waals surface area contributed by atoms with E-state index in [1.54, 1.807) is 7.11 Å². The zero-order chi connectivity index (χ0) is 21.8. The van der Waals surface area contributed by atoms with Gasteiger partial charge in [0, 0.05) is 6.20 Å². The Morgan fingerprint density at radius 3 is 2.65 bits per heavy atom. The lowest BCUT2D eigenvalue weighted by molar-refractivity contribution is -0.102. The normalized spacial score (nSPS) is 45.3. The van der Waals surface area contributed by atoms with Crippen molar-refractivity contribution in [3.05, 3.63) is 24.0 Å². The van der Waals surface area contributed by atoms with Crippen molar-refractivity contribution >= 4 is 0 Å². The lowest BCUT2D eigenvalue weighted by atomic mass is 9.48. The van der Waals surface area contributed by atoms with Crippen LogP contribution in [-0.2, 0) is 6.42 Å². The fraction of sp³-hybridized carbons (Fsp3) is 0.821. The molecule has 172 valence electrons. The van der Waals surface area contributed by atoms with Crippen LogP contribution in [0.15, 0.2) is 18.5 Å². The van der Waals surface area contributed by atoms with Crippen LogP contribution >= 0.6 is 0 Å². The third-order valence-electron chi connectivity index (χ3n) is 10.6. The van der Waals surface area contributed by atoms with Crippen molar-refractivity contribution in [1.29, 1.82) is 0 Å². The smallest absolute Gasteiger partial charge is 0.137 e. The summed E-state index contributed by atoms with van der Waals surface area (Å²) >= 11 is 0. The zero-order valence-corrected chi connectivity index (χ0v) is 20.1. The SMILES string of the molecule is COc1cncc(C[C@H](C)[C@H]2CC[C@H]3[C@@H]4CC[C@@H]5C[C@](C)(O)CC[C@@H]5[C@H]4CC[C@]23C)c1. The van der Waals surface area contributed by atoms with Crippen LogP contribution < -0.4 is 4.74 Å². The van der Waals surface area contributed by atoms with Crippen molar-refractivity contribution in [2.45, 2.75) is 90.6 Å². The number of pyridine rings is 1. The van der Waals surface area contributed by atoms with Gasteiger partial charge in [-0.05, 0) is 130 Å². The molecule has 0 amide bonds. The van der Waals surface area contributed by atoms with E-state index >= 15 is 0 Å². The van der Waals surface area contributed by atoms with Gasteiger partial charge in [-0.25, -0.2) is 0 Å². The van der Waals surface area contributed by atoms with Crippen LogP contribution in [0.2, 0.25) is 0 Å². The summed E-state index contributed by atoms with van der Waals surface area (Å²) in [6, 6.07) is 2.18. The molecule has 1 aromatic heterocycles. The predicted molar refractivity (Wildman–Crippen MR) is 125 cm³/mol. The van der Waals surface area contributed by atoms with Gasteiger partial charge in [0.25, 0.3) is 0 Å². The molecule has 31 heavy (non-hydrogen) atoms. The Hall–Kier alpha value is -1.09. The van der Waals surface area contributed by atoms with Gasteiger partial charge >= 0.3 is 0 Å². The molecule has 9 atom stereocenters. The second-order valence-electron chi connectivity index (χ2n) is 12.3. The molecule has 0 radical (unpaired) electrons. The molecule has 0 aliphatic heterocycles. The van der Waals surface area contributed by atoms with Gasteiger partial charge in [0.15, 0.2) is 0 Å². The lowest BCUT2D eigenvalue weighted by Gasteiger charge is -2.57. The number of aromatic nitrogens is 1. The molecule has 0 saturated heterocycles. The van der Waals surface area contributed by atoms with Gasteiger partial charge in [-0.15, -0.1) is 0 Å². The molecule has 5 rings (SSSR count). The monoisotopic (exact) mass is 425 g/mol. The number of methoxy groups -OCH3 is 1. The van der Waals surface area contributed by atoms with Crippen molar-refractivity contribution in [3.8, 4) is 5.75 Å². The number of fused-ring (bicyclic) bond motifs is 5. The molecule has 4 saturated carbocycles. The van der Waals surface area contributed by atoms with Crippen LogP contribution in [0.4, 0.5) is 0 Å². The minimum absolute atomic E-state index is 0.403. The fourth-order valence-electron chi connectivity index (χ4n) is 9.26. The zero-order valence-electron chi connectivity index (χ0n) is 20.1. The highest BCUT2D eigenvalue weighted by Crippen LogP contribution is 2.65. The van der Waals surface area contributed by atoms with Crippen molar-refractivity contribution in [3.63, 3.8) is 0 Å². The molecule has 3 heteroatoms. The van der Waals surface area contributed by atoms with Crippen LogP contribution in [0.1, 0.15) is 84.1 Å². The standard InChI is InChI=1S/C28H43NO2/c1-18(13-19-14-21(31-4)17-29-16-19)25-7-8-26-24-6-5-20-15-27(2,30)11-9-22(20)23(24)10-12-28(25,26)3/h14,16-18,20,22-26,30H,5-13,15H2,1-4H3/t18-,20+,22-,23+,24+,25+,26-,27+,28+/m0/s1. The quantitative estimate of drug-likeness (QED) is 0.616. The third-order valence-corrected chi connectivity index (χ3v) is 10.6. The van der Waals surface area contributed by atoms with Crippen LogP contribution in [-0.4, -0.2) is 22.8 Å². The second kappa shape index (κ2) is 8.04. The molecular formula is C28H43NO2. The van der Waals surface area contributed by atoms with Crippen molar-refractivity contribution < 1.29 is 9.84 Å². The van der Waals surface area contributed by atoms with Gasteiger partial charge < -0.3 is 9.84 Å². The molecule has 4 aliphatic rings. The summed E-state index contributed by atoms with van der Waals surface area (Å²) in [5.74, 6) is 6.88. The van der Waals surface area contributed by atoms with Gasteiger partial charge in [-0.2, -0.15) is 0 Å². The molecule has 4 aliphatic carbocycles. The maximum atomic E-state index is 10.6. The van der Waals surface area contributed by atoms with Crippen molar-refractivity contribution in [2.75, 3.05) is 7.11 Å². The molecule has 4 fully saturated rings. The van der Waals surface area contributed by atoms with E-state index < -0.39 is 5.60 Å². The van der Waals surface area contributed by atoms with Crippen molar-refractivity contribution in [2.24, 2.45) is 46.8 Å². The maximum absolute atomic E-state index is 10.6. The van der Waals surface area contributed by atoms with Gasteiger partial charge in [0.1, 0.15) is 5.75 Å². The van der Waals surface area contributed by atoms with Gasteiger partial charge in [-0.1, -0.05) is 13.8 Å². The summed E-state index contributed by atoms with van der Waals surface area (Å²) < 4.78 is 5.40. The average molecular weight is 426 g/mol. The Labute approximate surface area is 189 Å². The number of rotatable bonds is 4. The molecule has 0 unspecified atom stereocenters. The molecule has 0 aromatic carbocycles. The van der Waals surface area contributed by atoms with Crippen LogP contribution in [0.3, 0.4) is 0 Å². The van der Waals surface area contributed by atoms with E-state index in [2.05, 4.69) is 31.8 Å². The lowest BCUT2D eigenvalue weighted by Crippen LogP contribution is -2.50. The van der Waals surface area contributed by atoms with E-state index in [1.807, 2.05) is 12.4 Å². The largest absolute Gasteiger partial charge is 0.495 e. The first-order chi connectivity index (χ1) is 14.8. The average Bonchev–Trinajstić information content (AvgIpc) is 3.10. The number of nitrogens with zero attached hydrogens (tertiary/aromatic N) is 1. The van der Waals surface area contributed by atoms with E-state index in [-0.39, 0.29) is 0 Å². The maximum Gasteiger partial charge on any atom is 0.137 e. The second-order valence-corrected chi connectivity index (χ2v) is 12.3. The molecule has 1 aromatic rings. The predicted octanol–water partition coefficient (Wildman–Crippen LogP) is 6.29. The Morgan fingerprint density at radius 1 is 1.03 bits per heavy atom. The minimum Gasteiger partial charge on any atom is -0.495 e. The van der Waals surface area contributed by atoms with E-state index in [9.17, 15) is 5.11 Å². The van der Waals surface area contributed by atoms with Gasteiger partial charge in [-0.3, -0.25) is 4.98 Å². The summed E-state index contributed by atoms with van der Waals surface area (Å²) in [5.41, 5.74) is 1.43. The molecule has 1 heterocycles. The minimum atomic E-state index is -0.403. The first-order valence-corrected chi connectivity index (χ1v) is 13.0. The Kier molecular flexibility index (Phi) is 5.64. The van der Waals surface area contributed by atoms with E-state index in [1.165, 1.54) is 50.5 Å². The van der Waals surface area contributed by atoms with Gasteiger partial charge in [0.05, 0.1) is 18.9 Å². The summed E-state index contributed by atoms with van der Waals surface area (Å²) in [7, 11) is 1.73. The first kappa shape index (κ1) is 21.7. The first-order valence-electron chi connectivity index (χ1n) is 13.0. The molecule has 1 N–H and O–H groups in total. The molecule has 3 nitrogen and oxygen atoms in total. The number of hydrogen-bond acceptors (Lipinski definition) is 3. The van der Waals surface area contributed by atoms with Crippen LogP contribution in [0.5, 0.6) is 5.75 Å². The summed E-state index contributed by atoms with van der Waals surface area (Å²) in [5, 5.41) is 10.6. The van der Waals surface area contributed by atoms with Gasteiger partial charge in [0.2, 0.25) is 0 Å². The molecular weight excluding hydrogens is 382 g/mol. The number of hydrogen-bond donors (Lipinski definition) is 1. The van der Waals surface area contributed by atoms with E-state index in [0.717, 1.165) is 60.5 Å². The Bertz CT molecular complexity index is 791. The topological polar surface area (TPSA) is 42.4 Å². The van der Waals surface area contributed by atoms with Crippen LogP contribution in [0.25, 0.3) is 0 Å². The summed E-state index contributed by atoms with van der Waals surface area (Å²) in [6.07, 6.45) is 16.8. The molecule has 0 bridgehead atoms. The molecule has 0 spiro atoms.